The molecule has 2 N–H and O–H groups in total. The van der Waals surface area contributed by atoms with E-state index in [2.05, 4.69) is 48.4 Å². The van der Waals surface area contributed by atoms with Crippen molar-refractivity contribution in [3.05, 3.63) is 71.4 Å². The van der Waals surface area contributed by atoms with Crippen LogP contribution in [0.15, 0.2) is 54.7 Å². The van der Waals surface area contributed by atoms with E-state index in [9.17, 15) is 4.79 Å². The predicted octanol–water partition coefficient (Wildman–Crippen LogP) is 2.65. The first-order valence-electron chi connectivity index (χ1n) is 10.9. The second-order valence-electron chi connectivity index (χ2n) is 9.02. The van der Waals surface area contributed by atoms with E-state index in [-0.39, 0.29) is 6.09 Å². The molecule has 5 nitrogen and oxygen atoms in total. The quantitative estimate of drug-likeness (QED) is 0.702. The second-order valence-corrected chi connectivity index (χ2v) is 9.02. The van der Waals surface area contributed by atoms with Crippen LogP contribution in [0.4, 0.5) is 4.79 Å². The van der Waals surface area contributed by atoms with E-state index in [1.165, 1.54) is 22.0 Å². The Kier molecular flexibility index (Phi) is 4.99. The van der Waals surface area contributed by atoms with Gasteiger partial charge in [-0.1, -0.05) is 42.5 Å². The maximum absolute atomic E-state index is 12.2. The third-order valence-electron chi connectivity index (χ3n) is 7.03. The van der Waals surface area contributed by atoms with Gasteiger partial charge in [-0.3, -0.25) is 0 Å². The summed E-state index contributed by atoms with van der Waals surface area (Å²) in [6, 6.07) is 17.2. The smallest absolute Gasteiger partial charge is 0.407 e. The number of alkyl carbamates (subject to hydrolysis) is 1. The number of aromatic nitrogens is 1. The van der Waals surface area contributed by atoms with Crippen molar-refractivity contribution >= 4 is 17.0 Å². The van der Waals surface area contributed by atoms with Crippen LogP contribution in [-0.2, 0) is 24.8 Å². The van der Waals surface area contributed by atoms with E-state index in [0.717, 1.165) is 24.9 Å². The fourth-order valence-corrected chi connectivity index (χ4v) is 5.64. The number of nitrogens with zero attached hydrogens (tertiary/aromatic N) is 1. The number of quaternary nitrogens is 1. The number of ether oxygens (including phenoxy) is 1. The number of likely N-dealkylation sites (N-methyl/N-ethyl adjacent to an activating group) is 1. The van der Waals surface area contributed by atoms with Crippen LogP contribution in [-0.4, -0.2) is 36.8 Å². The lowest BCUT2D eigenvalue weighted by molar-refractivity contribution is -0.916. The number of piperidine rings is 1. The molecule has 1 aliphatic carbocycles. The summed E-state index contributed by atoms with van der Waals surface area (Å²) in [5, 5.41) is 4.47. The lowest BCUT2D eigenvalue weighted by atomic mass is 9.72. The van der Waals surface area contributed by atoms with Crippen LogP contribution in [0.25, 0.3) is 10.9 Å². The molecule has 1 fully saturated rings. The Labute approximate surface area is 177 Å². The van der Waals surface area contributed by atoms with Gasteiger partial charge in [0.2, 0.25) is 0 Å². The van der Waals surface area contributed by atoms with Gasteiger partial charge in [-0.05, 0) is 29.2 Å². The van der Waals surface area contributed by atoms with Crippen molar-refractivity contribution in [3.63, 3.8) is 0 Å². The van der Waals surface area contributed by atoms with Gasteiger partial charge in [0, 0.05) is 48.9 Å². The first kappa shape index (κ1) is 19.2. The average Bonchev–Trinajstić information content (AvgIpc) is 3.09. The van der Waals surface area contributed by atoms with E-state index in [1.54, 1.807) is 4.90 Å². The van der Waals surface area contributed by atoms with Crippen LogP contribution in [0, 0.1) is 5.92 Å². The second kappa shape index (κ2) is 7.80. The lowest BCUT2D eigenvalue weighted by Crippen LogP contribution is -3.16. The zero-order valence-corrected chi connectivity index (χ0v) is 17.7. The highest BCUT2D eigenvalue weighted by molar-refractivity contribution is 5.89. The summed E-state index contributed by atoms with van der Waals surface area (Å²) in [5.74, 6) is 1.00. The lowest BCUT2D eigenvalue weighted by Gasteiger charge is -2.42. The van der Waals surface area contributed by atoms with Crippen molar-refractivity contribution in [2.24, 2.45) is 13.0 Å². The topological polar surface area (TPSA) is 47.7 Å². The summed E-state index contributed by atoms with van der Waals surface area (Å²) >= 11 is 0. The maximum Gasteiger partial charge on any atom is 0.407 e. The van der Waals surface area contributed by atoms with Crippen LogP contribution in [0.1, 0.15) is 29.0 Å². The number of carbonyl (C=O) groups excluding carboxylic acids is 1. The van der Waals surface area contributed by atoms with Crippen molar-refractivity contribution < 1.29 is 14.4 Å². The molecule has 30 heavy (non-hydrogen) atoms. The Balaban J connectivity index is 1.25. The number of nitrogens with one attached hydrogen (secondary N) is 2. The minimum Gasteiger partial charge on any atom is -0.445 e. The van der Waals surface area contributed by atoms with Crippen molar-refractivity contribution in [1.82, 2.24) is 9.88 Å². The molecule has 1 amide bonds. The number of carbonyl (C=O) groups is 1. The van der Waals surface area contributed by atoms with Crippen molar-refractivity contribution in [2.45, 2.75) is 31.4 Å². The van der Waals surface area contributed by atoms with Crippen molar-refractivity contribution in [2.75, 3.05) is 20.1 Å². The number of hydrogen-bond donors (Lipinski definition) is 2. The molecule has 0 spiro atoms. The van der Waals surface area contributed by atoms with Gasteiger partial charge >= 0.3 is 6.09 Å². The number of rotatable bonds is 4. The van der Waals surface area contributed by atoms with Crippen LogP contribution in [0.2, 0.25) is 0 Å². The molecule has 1 aliphatic heterocycles. The molecule has 2 aliphatic rings. The van der Waals surface area contributed by atoms with Gasteiger partial charge in [0.25, 0.3) is 0 Å². The fraction of sp³-hybridized carbons (Fsp3) is 0.400. The standard InChI is InChI=1S/C25H29N3O2/c1-27-14-18(13-26-25(29)30-16-17-7-4-3-5-8-17)11-21-20-9-6-10-22-24(20)19(12-23(21)27)15-28(22)2/h3-10,15,18,21,23H,11-14,16H2,1-2H3,(H,26,29)/p+1/t18-,21-,23-/m1/s1. The number of hydrogen-bond acceptors (Lipinski definition) is 2. The zero-order chi connectivity index (χ0) is 20.7. The summed E-state index contributed by atoms with van der Waals surface area (Å²) in [5.41, 5.74) is 5.33. The summed E-state index contributed by atoms with van der Waals surface area (Å²) in [6.45, 7) is 2.07. The summed E-state index contributed by atoms with van der Waals surface area (Å²) in [6.07, 6.45) is 4.25. The van der Waals surface area contributed by atoms with E-state index >= 15 is 0 Å². The molecule has 5 heteroatoms. The molecule has 1 saturated heterocycles. The molecule has 156 valence electrons. The fourth-order valence-electron chi connectivity index (χ4n) is 5.64. The molecule has 0 bridgehead atoms. The molecule has 0 saturated carbocycles. The Morgan fingerprint density at radius 2 is 2.03 bits per heavy atom. The minimum atomic E-state index is -0.324. The summed E-state index contributed by atoms with van der Waals surface area (Å²) < 4.78 is 7.66. The predicted molar refractivity (Wildman–Crippen MR) is 118 cm³/mol. The normalized spacial score (nSPS) is 25.0. The molecule has 2 aromatic carbocycles. The SMILES string of the molecule is Cn1cc2c3c(cccc31)[C@H]1C[C@H](CNC(=O)OCc3ccccc3)C[NH+](C)[C@@H]1C2. The van der Waals surface area contributed by atoms with Gasteiger partial charge in [0.1, 0.15) is 6.61 Å². The average molecular weight is 405 g/mol. The van der Waals surface area contributed by atoms with Gasteiger partial charge in [-0.2, -0.15) is 0 Å². The van der Waals surface area contributed by atoms with Gasteiger partial charge in [-0.15, -0.1) is 0 Å². The van der Waals surface area contributed by atoms with E-state index in [1.807, 2.05) is 30.3 Å². The summed E-state index contributed by atoms with van der Waals surface area (Å²) in [4.78, 5) is 13.8. The third-order valence-corrected chi connectivity index (χ3v) is 7.03. The first-order chi connectivity index (χ1) is 14.6. The highest BCUT2D eigenvalue weighted by atomic mass is 16.5. The Bertz CT molecular complexity index is 1060. The summed E-state index contributed by atoms with van der Waals surface area (Å²) in [7, 11) is 4.46. The highest BCUT2D eigenvalue weighted by Crippen LogP contribution is 2.40. The monoisotopic (exact) mass is 404 g/mol. The number of fused-ring (bicyclic) bond motifs is 2. The molecular formula is C25H30N3O2+. The van der Waals surface area contributed by atoms with E-state index in [0.29, 0.717) is 31.0 Å². The van der Waals surface area contributed by atoms with Gasteiger partial charge < -0.3 is 19.5 Å². The minimum absolute atomic E-state index is 0.311. The third kappa shape index (κ3) is 3.47. The maximum atomic E-state index is 12.2. The molecule has 4 atom stereocenters. The Hall–Kier alpha value is -2.79. The molecule has 1 unspecified atom stereocenters. The molecule has 1 aromatic heterocycles. The van der Waals surface area contributed by atoms with Crippen LogP contribution in [0.3, 0.4) is 0 Å². The largest absolute Gasteiger partial charge is 0.445 e. The number of aryl methyl sites for hydroxylation is 1. The number of amides is 1. The van der Waals surface area contributed by atoms with E-state index in [4.69, 9.17) is 4.74 Å². The first-order valence-corrected chi connectivity index (χ1v) is 10.9. The van der Waals surface area contributed by atoms with Crippen LogP contribution < -0.4 is 10.2 Å². The molecular weight excluding hydrogens is 374 g/mol. The number of benzene rings is 2. The zero-order valence-electron chi connectivity index (χ0n) is 17.7. The van der Waals surface area contributed by atoms with E-state index < -0.39 is 0 Å². The van der Waals surface area contributed by atoms with Crippen LogP contribution in [0.5, 0.6) is 0 Å². The van der Waals surface area contributed by atoms with Gasteiger partial charge in [0.05, 0.1) is 19.6 Å². The van der Waals surface area contributed by atoms with Crippen molar-refractivity contribution in [3.8, 4) is 0 Å². The Morgan fingerprint density at radius 1 is 1.20 bits per heavy atom. The number of likely N-dealkylation sites (tertiary alicyclic amines) is 1. The molecule has 3 aromatic rings. The van der Waals surface area contributed by atoms with Crippen LogP contribution >= 0.6 is 0 Å². The Morgan fingerprint density at radius 3 is 2.87 bits per heavy atom. The van der Waals surface area contributed by atoms with Crippen molar-refractivity contribution in [1.29, 1.82) is 0 Å². The molecule has 5 rings (SSSR count). The van der Waals surface area contributed by atoms with Gasteiger partial charge in [-0.25, -0.2) is 4.79 Å². The highest BCUT2D eigenvalue weighted by Gasteiger charge is 2.42. The van der Waals surface area contributed by atoms with Gasteiger partial charge in [0.15, 0.2) is 0 Å². The molecule has 0 radical (unpaired) electrons. The molecule has 2 heterocycles.